The largest absolute Gasteiger partial charge is 0.480 e. The highest BCUT2D eigenvalue weighted by Crippen LogP contribution is 2.17. The number of esters is 4. The second-order valence-electron chi connectivity index (χ2n) is 6.29. The Bertz CT molecular complexity index is 900. The molecule has 0 radical (unpaired) electrons. The van der Waals surface area contributed by atoms with E-state index in [1.54, 1.807) is 0 Å². The predicted molar refractivity (Wildman–Crippen MR) is 108 cm³/mol. The summed E-state index contributed by atoms with van der Waals surface area (Å²) in [5.41, 5.74) is 0. The third kappa shape index (κ3) is 22.6. The van der Waals surface area contributed by atoms with Crippen molar-refractivity contribution in [1.82, 2.24) is 10.6 Å². The number of amides is 2. The van der Waals surface area contributed by atoms with Crippen molar-refractivity contribution in [3.05, 3.63) is 0 Å². The molecule has 1 fully saturated rings. The van der Waals surface area contributed by atoms with Crippen molar-refractivity contribution in [3.63, 3.8) is 0 Å². The molecule has 20 heteroatoms. The van der Waals surface area contributed by atoms with Crippen molar-refractivity contribution in [2.45, 2.75) is 71.9 Å². The van der Waals surface area contributed by atoms with Gasteiger partial charge in [0.15, 0.2) is 0 Å². The van der Waals surface area contributed by atoms with Crippen molar-refractivity contribution in [1.29, 1.82) is 0 Å². The van der Waals surface area contributed by atoms with Crippen molar-refractivity contribution in [2.24, 2.45) is 0 Å². The summed E-state index contributed by atoms with van der Waals surface area (Å²) in [6, 6.07) is -2.90. The van der Waals surface area contributed by atoms with E-state index in [1.165, 1.54) is 31.4 Å². The first kappa shape index (κ1) is 41.8. The number of aliphatic carboxylic acids is 1. The van der Waals surface area contributed by atoms with E-state index < -0.39 is 66.1 Å². The zero-order valence-electron chi connectivity index (χ0n) is 19.5. The first-order valence-corrected chi connectivity index (χ1v) is 9.54. The van der Waals surface area contributed by atoms with Gasteiger partial charge >= 0.3 is 60.2 Å². The molecule has 1 aliphatic rings. The zero-order chi connectivity index (χ0) is 30.9. The van der Waals surface area contributed by atoms with Gasteiger partial charge in [0.2, 0.25) is 0 Å². The lowest BCUT2D eigenvalue weighted by Crippen LogP contribution is -2.49. The lowest BCUT2D eigenvalue weighted by Gasteiger charge is -2.20. The van der Waals surface area contributed by atoms with Gasteiger partial charge < -0.3 is 25.2 Å². The van der Waals surface area contributed by atoms with Gasteiger partial charge in [-0.15, -0.1) is 0 Å². The fraction of sp³-hybridized carbons (Fsp3) is 0.579. The van der Waals surface area contributed by atoms with Gasteiger partial charge in [0.05, 0.1) is 0 Å². The molecule has 0 aromatic carbocycles. The van der Waals surface area contributed by atoms with Crippen molar-refractivity contribution < 1.29 is 84.1 Å². The van der Waals surface area contributed by atoms with E-state index in [9.17, 15) is 59.9 Å². The number of halogens is 6. The predicted octanol–water partition coefficient (Wildman–Crippen LogP) is 0.574. The normalized spacial score (nSPS) is 14.6. The van der Waals surface area contributed by atoms with E-state index in [1.807, 2.05) is 0 Å². The van der Waals surface area contributed by atoms with Crippen LogP contribution in [0.1, 0.15) is 47.5 Å². The third-order valence-electron chi connectivity index (χ3n) is 3.26. The van der Waals surface area contributed by atoms with Crippen LogP contribution >= 0.6 is 0 Å². The van der Waals surface area contributed by atoms with Crippen LogP contribution in [-0.4, -0.2) is 77.4 Å². The molecule has 1 saturated heterocycles. The van der Waals surface area contributed by atoms with Gasteiger partial charge in [0.25, 0.3) is 0 Å². The molecule has 1 aliphatic heterocycles. The number of carbonyl (C=O) groups excluding carboxylic acids is 8. The van der Waals surface area contributed by atoms with Crippen molar-refractivity contribution >= 4 is 47.8 Å². The van der Waals surface area contributed by atoms with Crippen LogP contribution in [0.4, 0.5) is 26.3 Å². The molecule has 2 amide bonds. The van der Waals surface area contributed by atoms with E-state index in [2.05, 4.69) is 9.47 Å². The summed E-state index contributed by atoms with van der Waals surface area (Å²) in [4.78, 5) is 88.1. The molecule has 1 heterocycles. The molecule has 3 N–H and O–H groups in total. The minimum Gasteiger partial charge on any atom is -0.480 e. The number of rotatable bonds is 4. The van der Waals surface area contributed by atoms with Gasteiger partial charge in [0.1, 0.15) is 12.1 Å². The standard InChI is InChI=1S/C7H6F3NO4.C6H8F3NO3.C4H6O3.CO2.CH4/c8-7(9,10)6(14)11-3-1-2-4(12)15-5(3)13;1-2-3(4(11)12)10-5(13)6(7,8)9;1-3(5)7-4(2)6;2-1-3;/h3H,1-2H2,(H,11,14);3H,2H2,1H3,(H,10,13)(H,11,12);1-2H3;;1H4/t2*3-;;;/m00.../s1. The average Bonchev–Trinajstić information content (AvgIpc) is 2.72. The molecule has 0 unspecified atom stereocenters. The van der Waals surface area contributed by atoms with Crippen LogP contribution in [0.15, 0.2) is 0 Å². The van der Waals surface area contributed by atoms with Crippen LogP contribution in [0.25, 0.3) is 0 Å². The highest BCUT2D eigenvalue weighted by molar-refractivity contribution is 5.94. The van der Waals surface area contributed by atoms with Gasteiger partial charge in [-0.1, -0.05) is 14.4 Å². The first-order chi connectivity index (χ1) is 17.1. The zero-order valence-corrected chi connectivity index (χ0v) is 19.5. The molecule has 0 bridgehead atoms. The quantitative estimate of drug-likeness (QED) is 0.234. The Morgan fingerprint density at radius 3 is 1.67 bits per heavy atom. The lowest BCUT2D eigenvalue weighted by molar-refractivity contribution is -0.192. The molecule has 2 atom stereocenters. The summed E-state index contributed by atoms with van der Waals surface area (Å²) in [6.45, 7) is 3.72. The number of alkyl halides is 6. The molecular formula is C19H24F6N2O12. The number of carboxylic acid groups (broad SMARTS) is 1. The highest BCUT2D eigenvalue weighted by atomic mass is 19.4. The van der Waals surface area contributed by atoms with E-state index >= 15 is 0 Å². The molecule has 0 spiro atoms. The van der Waals surface area contributed by atoms with E-state index in [4.69, 9.17) is 14.7 Å². The van der Waals surface area contributed by atoms with Crippen molar-refractivity contribution in [2.75, 3.05) is 0 Å². The first-order valence-electron chi connectivity index (χ1n) is 9.54. The maximum atomic E-state index is 11.8. The van der Waals surface area contributed by atoms with Crippen LogP contribution in [0, 0.1) is 0 Å². The summed E-state index contributed by atoms with van der Waals surface area (Å²) in [7, 11) is 0. The molecular weight excluding hydrogens is 562 g/mol. The molecule has 1 rings (SSSR count). The molecule has 39 heavy (non-hydrogen) atoms. The van der Waals surface area contributed by atoms with E-state index in [0.717, 1.165) is 0 Å². The second kappa shape index (κ2) is 19.7. The fourth-order valence-corrected chi connectivity index (χ4v) is 1.77. The van der Waals surface area contributed by atoms with Crippen LogP contribution < -0.4 is 10.6 Å². The number of carboxylic acids is 1. The average molecular weight is 586 g/mol. The summed E-state index contributed by atoms with van der Waals surface area (Å²) in [5, 5.41) is 11.1. The lowest BCUT2D eigenvalue weighted by atomic mass is 10.1. The van der Waals surface area contributed by atoms with Gasteiger partial charge in [0, 0.05) is 20.3 Å². The Balaban J connectivity index is -0.000000233. The smallest absolute Gasteiger partial charge is 0.471 e. The monoisotopic (exact) mass is 586 g/mol. The topological polar surface area (TPSA) is 216 Å². The summed E-state index contributed by atoms with van der Waals surface area (Å²) < 4.78 is 78.2. The van der Waals surface area contributed by atoms with Crippen LogP contribution in [0.2, 0.25) is 0 Å². The number of cyclic esters (lactones) is 2. The van der Waals surface area contributed by atoms with Crippen LogP contribution in [0.5, 0.6) is 0 Å². The summed E-state index contributed by atoms with van der Waals surface area (Å²) in [5.74, 6) is -9.04. The second-order valence-corrected chi connectivity index (χ2v) is 6.29. The Kier molecular flexibility index (Phi) is 21.1. The van der Waals surface area contributed by atoms with Crippen molar-refractivity contribution in [3.8, 4) is 0 Å². The number of carbonyl (C=O) groups is 7. The fourth-order valence-electron chi connectivity index (χ4n) is 1.77. The minimum atomic E-state index is -5.05. The Labute approximate surface area is 215 Å². The maximum Gasteiger partial charge on any atom is 0.471 e. The van der Waals surface area contributed by atoms with E-state index in [0.29, 0.717) is 0 Å². The summed E-state index contributed by atoms with van der Waals surface area (Å²) >= 11 is 0. The van der Waals surface area contributed by atoms with Gasteiger partial charge in [-0.25, -0.2) is 9.59 Å². The molecule has 0 saturated carbocycles. The van der Waals surface area contributed by atoms with E-state index in [-0.39, 0.29) is 32.8 Å². The SMILES string of the molecule is C.CC(=O)OC(C)=O.CC[C@H](NC(=O)C(F)(F)F)C(=O)O.O=C1CC[C@H](NC(=O)C(F)(F)F)C(=O)O1.O=C=O. The molecule has 0 aromatic heterocycles. The number of ether oxygens (including phenoxy) is 2. The third-order valence-corrected chi connectivity index (χ3v) is 3.26. The Hall–Kier alpha value is -4.35. The number of hydrogen-bond donors (Lipinski definition) is 3. The molecule has 14 nitrogen and oxygen atoms in total. The van der Waals surface area contributed by atoms with Crippen LogP contribution in [0.3, 0.4) is 0 Å². The summed E-state index contributed by atoms with van der Waals surface area (Å²) in [6.07, 6.45) is -10.3. The number of nitrogens with one attached hydrogen (secondary N) is 2. The van der Waals surface area contributed by atoms with Gasteiger partial charge in [-0.2, -0.15) is 35.9 Å². The van der Waals surface area contributed by atoms with Gasteiger partial charge in [-0.05, 0) is 12.8 Å². The minimum absolute atomic E-state index is 0. The van der Waals surface area contributed by atoms with Gasteiger partial charge in [-0.3, -0.25) is 24.0 Å². The molecule has 0 aliphatic carbocycles. The number of hydrogen-bond acceptors (Lipinski definition) is 11. The van der Waals surface area contributed by atoms with Crippen LogP contribution in [-0.2, 0) is 52.6 Å². The molecule has 0 aromatic rings. The maximum absolute atomic E-state index is 11.8. The Morgan fingerprint density at radius 2 is 1.41 bits per heavy atom. The molecule has 224 valence electrons. The Morgan fingerprint density at radius 1 is 1.00 bits per heavy atom. The highest BCUT2D eigenvalue weighted by Gasteiger charge is 2.42.